The average Bonchev–Trinajstić information content (AvgIpc) is 2.25. The number of hydrogen-bond acceptors (Lipinski definition) is 6. The van der Waals surface area contributed by atoms with Crippen molar-refractivity contribution in [1.29, 1.82) is 0 Å². The van der Waals surface area contributed by atoms with Crippen molar-refractivity contribution in [2.45, 2.75) is 0 Å². The molecule has 0 saturated carbocycles. The van der Waals surface area contributed by atoms with Gasteiger partial charge in [-0.25, -0.2) is 0 Å². The summed E-state index contributed by atoms with van der Waals surface area (Å²) in [5, 5.41) is 10.5. The standard InChI is InChI=1S/C9H4FNO6S/c1-2-8(12)6-3-4-7(11(13)14)9(5-6)17-18(10,15)16/h1,3-5H. The molecule has 1 aromatic rings. The normalized spacial score (nSPS) is 10.4. The van der Waals surface area contributed by atoms with Crippen LogP contribution in [0.2, 0.25) is 0 Å². The van der Waals surface area contributed by atoms with E-state index in [-0.39, 0.29) is 5.56 Å². The van der Waals surface area contributed by atoms with Gasteiger partial charge < -0.3 is 4.18 Å². The van der Waals surface area contributed by atoms with E-state index in [1.807, 2.05) is 0 Å². The zero-order valence-electron chi connectivity index (χ0n) is 8.49. The second-order valence-electron chi connectivity index (χ2n) is 2.89. The van der Waals surface area contributed by atoms with Crippen molar-refractivity contribution >= 4 is 22.0 Å². The van der Waals surface area contributed by atoms with Gasteiger partial charge in [-0.3, -0.25) is 14.9 Å². The van der Waals surface area contributed by atoms with Crippen LogP contribution in [0.4, 0.5) is 9.57 Å². The zero-order valence-corrected chi connectivity index (χ0v) is 9.31. The monoisotopic (exact) mass is 273 g/mol. The topological polar surface area (TPSA) is 104 Å². The van der Waals surface area contributed by atoms with Crippen LogP contribution in [0.5, 0.6) is 5.75 Å². The Morgan fingerprint density at radius 2 is 2.11 bits per heavy atom. The maximum atomic E-state index is 12.3. The Hall–Kier alpha value is -2.47. The number of ketones is 1. The third kappa shape index (κ3) is 3.26. The van der Waals surface area contributed by atoms with Gasteiger partial charge in [0.15, 0.2) is 0 Å². The van der Waals surface area contributed by atoms with Gasteiger partial charge in [-0.05, 0) is 12.0 Å². The van der Waals surface area contributed by atoms with Crippen LogP contribution in [0.15, 0.2) is 18.2 Å². The molecule has 9 heteroatoms. The molecule has 0 aliphatic carbocycles. The van der Waals surface area contributed by atoms with Crippen molar-refractivity contribution in [1.82, 2.24) is 0 Å². The first kappa shape index (κ1) is 13.6. The number of rotatable bonds is 4. The minimum absolute atomic E-state index is 0.234. The molecule has 1 aromatic carbocycles. The molecule has 0 saturated heterocycles. The molecule has 0 aromatic heterocycles. The van der Waals surface area contributed by atoms with Crippen molar-refractivity contribution in [3.05, 3.63) is 33.9 Å². The molecule has 94 valence electrons. The lowest BCUT2D eigenvalue weighted by Gasteiger charge is -2.02. The van der Waals surface area contributed by atoms with E-state index in [4.69, 9.17) is 6.42 Å². The van der Waals surface area contributed by atoms with Gasteiger partial charge in [0.05, 0.1) is 4.92 Å². The van der Waals surface area contributed by atoms with Crippen LogP contribution < -0.4 is 4.18 Å². The van der Waals surface area contributed by atoms with Crippen LogP contribution in [0.1, 0.15) is 10.4 Å². The van der Waals surface area contributed by atoms with E-state index in [9.17, 15) is 27.2 Å². The van der Waals surface area contributed by atoms with Gasteiger partial charge in [-0.15, -0.1) is 6.42 Å². The molecular formula is C9H4FNO6S. The quantitative estimate of drug-likeness (QED) is 0.202. The fraction of sp³-hybridized carbons (Fsp3) is 0. The maximum Gasteiger partial charge on any atom is 0.488 e. The Bertz CT molecular complexity index is 660. The van der Waals surface area contributed by atoms with Crippen molar-refractivity contribution < 1.29 is 26.2 Å². The van der Waals surface area contributed by atoms with Gasteiger partial charge in [-0.1, -0.05) is 3.89 Å². The van der Waals surface area contributed by atoms with Crippen LogP contribution >= 0.6 is 0 Å². The molecule has 7 nitrogen and oxygen atoms in total. The third-order valence-corrected chi connectivity index (χ3v) is 2.12. The SMILES string of the molecule is C#CC(=O)c1ccc([N+](=O)[O-])c(OS(=O)(=O)F)c1. The lowest BCUT2D eigenvalue weighted by Crippen LogP contribution is -2.05. The average molecular weight is 273 g/mol. The summed E-state index contributed by atoms with van der Waals surface area (Å²) in [4.78, 5) is 20.7. The fourth-order valence-electron chi connectivity index (χ4n) is 1.06. The smallest absolute Gasteiger partial charge is 0.351 e. The lowest BCUT2D eigenvalue weighted by molar-refractivity contribution is -0.385. The molecule has 0 atom stereocenters. The predicted octanol–water partition coefficient (Wildman–Crippen LogP) is 1.00. The molecule has 18 heavy (non-hydrogen) atoms. The third-order valence-electron chi connectivity index (χ3n) is 1.74. The summed E-state index contributed by atoms with van der Waals surface area (Å²) in [5.41, 5.74) is -1.05. The first-order valence-electron chi connectivity index (χ1n) is 4.18. The molecule has 0 spiro atoms. The molecule has 0 amide bonds. The van der Waals surface area contributed by atoms with Gasteiger partial charge >= 0.3 is 16.2 Å². The van der Waals surface area contributed by atoms with Gasteiger partial charge in [-0.2, -0.15) is 8.42 Å². The highest BCUT2D eigenvalue weighted by Crippen LogP contribution is 2.29. The number of terminal acetylenes is 1. The summed E-state index contributed by atoms with van der Waals surface area (Å²) in [7, 11) is -5.45. The highest BCUT2D eigenvalue weighted by atomic mass is 32.3. The number of Topliss-reactive ketones (excluding diaryl/α,β-unsaturated/α-hetero) is 1. The summed E-state index contributed by atoms with van der Waals surface area (Å²) < 4.78 is 36.7. The van der Waals surface area contributed by atoms with E-state index in [0.717, 1.165) is 12.1 Å². The number of hydrogen-bond donors (Lipinski definition) is 0. The first-order chi connectivity index (χ1) is 8.24. The van der Waals surface area contributed by atoms with Crippen LogP contribution in [0.25, 0.3) is 0 Å². The number of nitrogens with zero attached hydrogens (tertiary/aromatic N) is 1. The Balaban J connectivity index is 3.38. The largest absolute Gasteiger partial charge is 0.488 e. The molecule has 0 fully saturated rings. The number of carbonyl (C=O) groups is 1. The van der Waals surface area contributed by atoms with Crippen LogP contribution in [-0.4, -0.2) is 19.1 Å². The second kappa shape index (κ2) is 4.80. The Morgan fingerprint density at radius 3 is 2.56 bits per heavy atom. The summed E-state index contributed by atoms with van der Waals surface area (Å²) in [6.07, 6.45) is 4.81. The molecule has 0 aliphatic rings. The maximum absolute atomic E-state index is 12.3. The van der Waals surface area contributed by atoms with Crippen LogP contribution in [-0.2, 0) is 10.5 Å². The number of carbonyl (C=O) groups excluding carboxylic acids is 1. The second-order valence-corrected chi connectivity index (χ2v) is 3.84. The molecule has 0 heterocycles. The molecule has 0 bridgehead atoms. The molecule has 0 unspecified atom stereocenters. The van der Waals surface area contributed by atoms with Gasteiger partial charge in [0.2, 0.25) is 11.5 Å². The molecule has 0 aliphatic heterocycles. The highest BCUT2D eigenvalue weighted by molar-refractivity contribution is 7.81. The van der Waals surface area contributed by atoms with Crippen molar-refractivity contribution in [2.24, 2.45) is 0 Å². The van der Waals surface area contributed by atoms with E-state index in [0.29, 0.717) is 6.07 Å². The summed E-state index contributed by atoms with van der Waals surface area (Å²) >= 11 is 0. The van der Waals surface area contributed by atoms with Crippen LogP contribution in [0, 0.1) is 22.5 Å². The summed E-state index contributed by atoms with van der Waals surface area (Å²) in [6.45, 7) is 0. The number of benzene rings is 1. The van der Waals surface area contributed by atoms with Gasteiger partial charge in [0.25, 0.3) is 0 Å². The predicted molar refractivity (Wildman–Crippen MR) is 56.9 cm³/mol. The van der Waals surface area contributed by atoms with E-state index < -0.39 is 32.6 Å². The lowest BCUT2D eigenvalue weighted by atomic mass is 10.1. The molecular weight excluding hydrogens is 269 g/mol. The Labute approximate surface area is 101 Å². The van der Waals surface area contributed by atoms with Crippen molar-refractivity contribution in [3.63, 3.8) is 0 Å². The molecule has 0 radical (unpaired) electrons. The van der Waals surface area contributed by atoms with Crippen molar-refractivity contribution in [3.8, 4) is 18.1 Å². The first-order valence-corrected chi connectivity index (χ1v) is 5.49. The van der Waals surface area contributed by atoms with Gasteiger partial charge in [0.1, 0.15) is 0 Å². The minimum atomic E-state index is -5.45. The zero-order chi connectivity index (χ0) is 13.9. The van der Waals surface area contributed by atoms with E-state index in [1.54, 1.807) is 5.92 Å². The number of halogens is 1. The molecule has 1 rings (SSSR count). The minimum Gasteiger partial charge on any atom is -0.351 e. The summed E-state index contributed by atoms with van der Waals surface area (Å²) in [5.74, 6) is -0.0703. The molecule has 0 N–H and O–H groups in total. The summed E-state index contributed by atoms with van der Waals surface area (Å²) in [6, 6.07) is 2.46. The van der Waals surface area contributed by atoms with E-state index in [1.165, 1.54) is 0 Å². The highest BCUT2D eigenvalue weighted by Gasteiger charge is 2.22. The number of nitro benzene ring substituents is 1. The van der Waals surface area contributed by atoms with E-state index >= 15 is 0 Å². The van der Waals surface area contributed by atoms with Crippen LogP contribution in [0.3, 0.4) is 0 Å². The Morgan fingerprint density at radius 1 is 1.50 bits per heavy atom. The van der Waals surface area contributed by atoms with E-state index in [2.05, 4.69) is 4.18 Å². The fourth-order valence-corrected chi connectivity index (χ4v) is 1.41. The number of nitro groups is 1. The van der Waals surface area contributed by atoms with Gasteiger partial charge in [0, 0.05) is 17.7 Å². The van der Waals surface area contributed by atoms with Crippen molar-refractivity contribution in [2.75, 3.05) is 0 Å². The Kier molecular flexibility index (Phi) is 3.63.